The van der Waals surface area contributed by atoms with Gasteiger partial charge in [-0.15, -0.1) is 11.8 Å². The average molecular weight is 556 g/mol. The number of carboxylic acids is 1. The highest BCUT2D eigenvalue weighted by Gasteiger charge is 2.32. The van der Waals surface area contributed by atoms with Gasteiger partial charge in [0.25, 0.3) is 5.91 Å². The molecule has 5 rings (SSSR count). The quantitative estimate of drug-likeness (QED) is 0.203. The van der Waals surface area contributed by atoms with Gasteiger partial charge in [0.2, 0.25) is 0 Å². The Kier molecular flexibility index (Phi) is 8.93. The number of rotatable bonds is 9. The van der Waals surface area contributed by atoms with E-state index in [1.165, 1.54) is 11.8 Å². The maximum Gasteiger partial charge on any atom is 0.336 e. The van der Waals surface area contributed by atoms with E-state index in [2.05, 4.69) is 5.32 Å². The Morgan fingerprint density at radius 3 is 2.35 bits per heavy atom. The molecule has 4 aromatic carbocycles. The number of nitrogens with one attached hydrogen (secondary N) is 1. The number of hydrogen-bond donors (Lipinski definition) is 3. The van der Waals surface area contributed by atoms with Crippen molar-refractivity contribution in [2.75, 3.05) is 11.1 Å². The zero-order chi connectivity index (χ0) is 27.9. The van der Waals surface area contributed by atoms with Crippen LogP contribution in [-0.4, -0.2) is 33.9 Å². The Hall–Kier alpha value is -3.95. The largest absolute Gasteiger partial charge is 0.478 e. The fraction of sp³-hybridized carbons (Fsp3) is 0.188. The number of aliphatic hydroxyl groups is 1. The van der Waals surface area contributed by atoms with E-state index in [0.29, 0.717) is 28.3 Å². The number of ether oxygens (including phenoxy) is 2. The van der Waals surface area contributed by atoms with Crippen molar-refractivity contribution >= 4 is 29.3 Å². The monoisotopic (exact) mass is 555 g/mol. The molecule has 4 aromatic rings. The standard InChI is InChI=1S/C32H29NO6S/c34-19-21-13-15-22(16-14-21)28-18-26(20-40-29-12-5-4-11-27(29)31(36)37)38-32(39-28)24-9-6-10-25(17-24)33-30(35)23-7-2-1-3-8-23/h1-17,26,28,32,34H,18-20H2,(H,33,35)(H,36,37). The topological polar surface area (TPSA) is 105 Å². The van der Waals surface area contributed by atoms with E-state index in [4.69, 9.17) is 9.47 Å². The van der Waals surface area contributed by atoms with Crippen molar-refractivity contribution in [1.82, 2.24) is 0 Å². The number of aliphatic hydroxyl groups excluding tert-OH is 1. The lowest BCUT2D eigenvalue weighted by Gasteiger charge is -2.36. The van der Waals surface area contributed by atoms with Gasteiger partial charge < -0.3 is 25.0 Å². The van der Waals surface area contributed by atoms with E-state index < -0.39 is 12.3 Å². The number of carbonyl (C=O) groups is 2. The number of thioether (sulfide) groups is 1. The SMILES string of the molecule is O=C(Nc1cccc(C2OC(CSc3ccccc3C(=O)O)CC(c3ccc(CO)cc3)O2)c1)c1ccccc1. The predicted molar refractivity (Wildman–Crippen MR) is 153 cm³/mol. The summed E-state index contributed by atoms with van der Waals surface area (Å²) in [5.74, 6) is -0.652. The van der Waals surface area contributed by atoms with Crippen molar-refractivity contribution in [2.45, 2.75) is 36.4 Å². The highest BCUT2D eigenvalue weighted by Crippen LogP contribution is 2.40. The van der Waals surface area contributed by atoms with Gasteiger partial charge in [0.1, 0.15) is 0 Å². The second-order valence-corrected chi connectivity index (χ2v) is 10.5. The van der Waals surface area contributed by atoms with Gasteiger partial charge >= 0.3 is 5.97 Å². The van der Waals surface area contributed by atoms with Gasteiger partial charge in [-0.05, 0) is 47.5 Å². The number of carboxylic acid groups (broad SMARTS) is 1. The molecule has 3 unspecified atom stereocenters. The van der Waals surface area contributed by atoms with Crippen molar-refractivity contribution in [3.05, 3.63) is 131 Å². The number of carbonyl (C=O) groups excluding carboxylic acids is 1. The molecule has 1 heterocycles. The molecule has 1 fully saturated rings. The van der Waals surface area contributed by atoms with Crippen LogP contribution in [0, 0.1) is 0 Å². The molecule has 1 aliphatic rings. The minimum absolute atomic E-state index is 0.0404. The Morgan fingerprint density at radius 1 is 0.850 bits per heavy atom. The summed E-state index contributed by atoms with van der Waals surface area (Å²) in [5.41, 5.74) is 3.96. The Bertz CT molecular complexity index is 1460. The van der Waals surface area contributed by atoms with E-state index >= 15 is 0 Å². The molecule has 0 saturated carbocycles. The molecule has 0 radical (unpaired) electrons. The van der Waals surface area contributed by atoms with E-state index in [0.717, 1.165) is 16.7 Å². The summed E-state index contributed by atoms with van der Waals surface area (Å²) in [4.78, 5) is 25.1. The lowest BCUT2D eigenvalue weighted by molar-refractivity contribution is -0.245. The molecular weight excluding hydrogens is 526 g/mol. The van der Waals surface area contributed by atoms with Crippen LogP contribution in [0.4, 0.5) is 5.69 Å². The van der Waals surface area contributed by atoms with Crippen LogP contribution in [0.5, 0.6) is 0 Å². The maximum absolute atomic E-state index is 12.7. The molecule has 0 spiro atoms. The Labute approximate surface area is 236 Å². The van der Waals surface area contributed by atoms with Gasteiger partial charge in [-0.25, -0.2) is 4.79 Å². The minimum Gasteiger partial charge on any atom is -0.478 e. The third-order valence-electron chi connectivity index (χ3n) is 6.61. The molecule has 40 heavy (non-hydrogen) atoms. The molecule has 0 aliphatic carbocycles. The van der Waals surface area contributed by atoms with E-state index in [1.807, 2.05) is 72.8 Å². The van der Waals surface area contributed by atoms with Gasteiger partial charge in [-0.1, -0.05) is 66.7 Å². The molecule has 7 nitrogen and oxygen atoms in total. The van der Waals surface area contributed by atoms with Gasteiger partial charge in [-0.2, -0.15) is 0 Å². The zero-order valence-corrected chi connectivity index (χ0v) is 22.4. The highest BCUT2D eigenvalue weighted by atomic mass is 32.2. The highest BCUT2D eigenvalue weighted by molar-refractivity contribution is 7.99. The van der Waals surface area contributed by atoms with Crippen LogP contribution in [-0.2, 0) is 16.1 Å². The normalized spacial score (nSPS) is 18.7. The van der Waals surface area contributed by atoms with E-state index in [9.17, 15) is 19.8 Å². The molecular formula is C32H29NO6S. The number of amides is 1. The van der Waals surface area contributed by atoms with Gasteiger partial charge in [0, 0.05) is 33.9 Å². The Morgan fingerprint density at radius 2 is 1.60 bits per heavy atom. The van der Waals surface area contributed by atoms with Crippen molar-refractivity contribution in [2.24, 2.45) is 0 Å². The van der Waals surface area contributed by atoms with Crippen molar-refractivity contribution in [3.63, 3.8) is 0 Å². The number of anilines is 1. The van der Waals surface area contributed by atoms with Crippen molar-refractivity contribution in [3.8, 4) is 0 Å². The Balaban J connectivity index is 1.37. The molecule has 204 valence electrons. The molecule has 0 bridgehead atoms. The van der Waals surface area contributed by atoms with Crippen molar-refractivity contribution < 1.29 is 29.3 Å². The van der Waals surface area contributed by atoms with Crippen molar-refractivity contribution in [1.29, 1.82) is 0 Å². The first-order chi connectivity index (χ1) is 19.5. The summed E-state index contributed by atoms with van der Waals surface area (Å²) >= 11 is 1.44. The summed E-state index contributed by atoms with van der Waals surface area (Å²) in [6.07, 6.45) is -0.656. The van der Waals surface area contributed by atoms with Crippen LogP contribution in [0.15, 0.2) is 108 Å². The van der Waals surface area contributed by atoms with Crippen LogP contribution in [0.1, 0.15) is 56.2 Å². The fourth-order valence-electron chi connectivity index (χ4n) is 4.53. The summed E-state index contributed by atoms with van der Waals surface area (Å²) < 4.78 is 12.8. The third kappa shape index (κ3) is 6.78. The number of aromatic carboxylic acids is 1. The first kappa shape index (κ1) is 27.6. The first-order valence-corrected chi connectivity index (χ1v) is 13.9. The molecule has 3 N–H and O–H groups in total. The van der Waals surface area contributed by atoms with Crippen LogP contribution in [0.25, 0.3) is 0 Å². The van der Waals surface area contributed by atoms with Crippen LogP contribution >= 0.6 is 11.8 Å². The van der Waals surface area contributed by atoms with E-state index in [1.54, 1.807) is 30.3 Å². The lowest BCUT2D eigenvalue weighted by Crippen LogP contribution is -2.31. The second-order valence-electron chi connectivity index (χ2n) is 9.41. The van der Waals surface area contributed by atoms with Crippen LogP contribution < -0.4 is 5.32 Å². The third-order valence-corrected chi connectivity index (χ3v) is 7.82. The average Bonchev–Trinajstić information content (AvgIpc) is 3.00. The number of benzene rings is 4. The summed E-state index contributed by atoms with van der Waals surface area (Å²) in [6, 6.07) is 30.9. The van der Waals surface area contributed by atoms with Gasteiger partial charge in [0.05, 0.1) is 24.4 Å². The van der Waals surface area contributed by atoms with Gasteiger partial charge in [-0.3, -0.25) is 4.79 Å². The van der Waals surface area contributed by atoms with Crippen LogP contribution in [0.2, 0.25) is 0 Å². The smallest absolute Gasteiger partial charge is 0.336 e. The summed E-state index contributed by atoms with van der Waals surface area (Å²) in [6.45, 7) is -0.0404. The van der Waals surface area contributed by atoms with Crippen LogP contribution in [0.3, 0.4) is 0 Å². The number of hydrogen-bond acceptors (Lipinski definition) is 6. The second kappa shape index (κ2) is 12.9. The summed E-state index contributed by atoms with van der Waals surface area (Å²) in [5, 5.41) is 22.0. The molecule has 1 saturated heterocycles. The molecule has 0 aromatic heterocycles. The van der Waals surface area contributed by atoms with E-state index in [-0.39, 0.29) is 30.3 Å². The lowest BCUT2D eigenvalue weighted by atomic mass is 10.0. The molecule has 3 atom stereocenters. The zero-order valence-electron chi connectivity index (χ0n) is 21.6. The predicted octanol–water partition coefficient (Wildman–Crippen LogP) is 6.47. The minimum atomic E-state index is -0.968. The fourth-order valence-corrected chi connectivity index (χ4v) is 5.60. The molecule has 1 aliphatic heterocycles. The molecule has 8 heteroatoms. The first-order valence-electron chi connectivity index (χ1n) is 12.9. The van der Waals surface area contributed by atoms with Gasteiger partial charge in [0.15, 0.2) is 6.29 Å². The summed E-state index contributed by atoms with van der Waals surface area (Å²) in [7, 11) is 0. The molecule has 1 amide bonds. The maximum atomic E-state index is 12.7.